The number of hydrogen-bond acceptors (Lipinski definition) is 1. The van der Waals surface area contributed by atoms with Crippen molar-refractivity contribution in [3.8, 4) is 0 Å². The smallest absolute Gasteiger partial charge is 0.137 e. The van der Waals surface area contributed by atoms with Crippen molar-refractivity contribution >= 4 is 5.78 Å². The molecule has 12 heavy (non-hydrogen) atoms. The first-order valence-corrected chi connectivity index (χ1v) is 4.36. The van der Waals surface area contributed by atoms with Crippen LogP contribution >= 0.6 is 0 Å². The van der Waals surface area contributed by atoms with Crippen molar-refractivity contribution in [1.82, 2.24) is 0 Å². The van der Waals surface area contributed by atoms with Gasteiger partial charge in [0.1, 0.15) is 5.78 Å². The third-order valence-electron chi connectivity index (χ3n) is 2.42. The molecular formula is C11H12O. The van der Waals surface area contributed by atoms with Crippen LogP contribution in [0.1, 0.15) is 23.1 Å². The highest BCUT2D eigenvalue weighted by Crippen LogP contribution is 2.19. The largest absolute Gasteiger partial charge is 0.299 e. The van der Waals surface area contributed by atoms with Crippen molar-refractivity contribution in [3.05, 3.63) is 34.9 Å². The molecule has 62 valence electrons. The normalized spacial score (nSPS) is 15.9. The number of rotatable bonds is 0. The van der Waals surface area contributed by atoms with Gasteiger partial charge in [-0.05, 0) is 24.5 Å². The SMILES string of the molecule is Cc1ccc2c(c1)CC(=O)CC2. The topological polar surface area (TPSA) is 17.1 Å². The second-order valence-electron chi connectivity index (χ2n) is 3.49. The fraction of sp³-hybridized carbons (Fsp3) is 0.364. The van der Waals surface area contributed by atoms with E-state index in [1.165, 1.54) is 16.7 Å². The highest BCUT2D eigenvalue weighted by molar-refractivity contribution is 5.83. The molecule has 0 aliphatic heterocycles. The molecule has 0 spiro atoms. The molecular weight excluding hydrogens is 148 g/mol. The number of Topliss-reactive ketones (excluding diaryl/α,β-unsaturated/α-hetero) is 1. The summed E-state index contributed by atoms with van der Waals surface area (Å²) in [6.07, 6.45) is 2.32. The highest BCUT2D eigenvalue weighted by atomic mass is 16.1. The molecule has 0 atom stereocenters. The van der Waals surface area contributed by atoms with E-state index in [4.69, 9.17) is 0 Å². The molecule has 1 aliphatic carbocycles. The van der Waals surface area contributed by atoms with Crippen LogP contribution in [0.5, 0.6) is 0 Å². The first-order valence-electron chi connectivity index (χ1n) is 4.36. The molecule has 0 fully saturated rings. The van der Waals surface area contributed by atoms with Crippen molar-refractivity contribution < 1.29 is 4.79 Å². The fourth-order valence-electron chi connectivity index (χ4n) is 1.74. The molecule has 1 heteroatoms. The average Bonchev–Trinajstić information content (AvgIpc) is 2.03. The zero-order valence-corrected chi connectivity index (χ0v) is 7.26. The number of carbonyl (C=O) groups is 1. The lowest BCUT2D eigenvalue weighted by Crippen LogP contribution is -2.12. The number of hydrogen-bond donors (Lipinski definition) is 0. The van der Waals surface area contributed by atoms with E-state index < -0.39 is 0 Å². The summed E-state index contributed by atoms with van der Waals surface area (Å²) in [7, 11) is 0. The van der Waals surface area contributed by atoms with Gasteiger partial charge in [-0.15, -0.1) is 0 Å². The minimum absolute atomic E-state index is 0.383. The van der Waals surface area contributed by atoms with Crippen molar-refractivity contribution in [2.45, 2.75) is 26.2 Å². The van der Waals surface area contributed by atoms with Crippen molar-refractivity contribution in [2.75, 3.05) is 0 Å². The lowest BCUT2D eigenvalue weighted by molar-refractivity contribution is -0.118. The summed E-state index contributed by atoms with van der Waals surface area (Å²) >= 11 is 0. The van der Waals surface area contributed by atoms with Crippen LogP contribution in [0, 0.1) is 6.92 Å². The van der Waals surface area contributed by atoms with Crippen LogP contribution in [0.25, 0.3) is 0 Å². The van der Waals surface area contributed by atoms with Gasteiger partial charge in [-0.1, -0.05) is 23.8 Å². The van der Waals surface area contributed by atoms with Crippen LogP contribution in [0.15, 0.2) is 18.2 Å². The summed E-state index contributed by atoms with van der Waals surface area (Å²) in [6.45, 7) is 2.07. The Kier molecular flexibility index (Phi) is 1.72. The van der Waals surface area contributed by atoms with E-state index in [1.54, 1.807) is 0 Å². The molecule has 1 aromatic rings. The summed E-state index contributed by atoms with van der Waals surface area (Å²) < 4.78 is 0. The maximum Gasteiger partial charge on any atom is 0.137 e. The number of aryl methyl sites for hydroxylation is 2. The summed E-state index contributed by atoms with van der Waals surface area (Å²) in [5.41, 5.74) is 3.86. The molecule has 0 saturated heterocycles. The minimum Gasteiger partial charge on any atom is -0.299 e. The van der Waals surface area contributed by atoms with E-state index in [9.17, 15) is 4.79 Å². The first-order chi connectivity index (χ1) is 5.75. The van der Waals surface area contributed by atoms with Gasteiger partial charge in [0, 0.05) is 12.8 Å². The second-order valence-corrected chi connectivity index (χ2v) is 3.49. The Labute approximate surface area is 72.4 Å². The Morgan fingerprint density at radius 1 is 1.17 bits per heavy atom. The van der Waals surface area contributed by atoms with Crippen molar-refractivity contribution in [1.29, 1.82) is 0 Å². The van der Waals surface area contributed by atoms with Gasteiger partial charge < -0.3 is 0 Å². The third kappa shape index (κ3) is 1.27. The summed E-state index contributed by atoms with van der Waals surface area (Å²) in [6, 6.07) is 6.40. The van der Waals surface area contributed by atoms with E-state index in [-0.39, 0.29) is 0 Å². The molecule has 0 radical (unpaired) electrons. The first kappa shape index (κ1) is 7.53. The number of fused-ring (bicyclic) bond motifs is 1. The Morgan fingerprint density at radius 3 is 2.83 bits per heavy atom. The zero-order valence-electron chi connectivity index (χ0n) is 7.26. The molecule has 0 heterocycles. The Balaban J connectivity index is 2.44. The molecule has 0 saturated carbocycles. The van der Waals surface area contributed by atoms with Crippen LogP contribution in [0.4, 0.5) is 0 Å². The van der Waals surface area contributed by atoms with Gasteiger partial charge in [-0.2, -0.15) is 0 Å². The lowest BCUT2D eigenvalue weighted by Gasteiger charge is -2.14. The van der Waals surface area contributed by atoms with Gasteiger partial charge in [0.2, 0.25) is 0 Å². The van der Waals surface area contributed by atoms with Gasteiger partial charge in [0.15, 0.2) is 0 Å². The molecule has 0 N–H and O–H groups in total. The van der Waals surface area contributed by atoms with Crippen molar-refractivity contribution in [3.63, 3.8) is 0 Å². The summed E-state index contributed by atoms with van der Waals surface area (Å²) in [5.74, 6) is 0.383. The quantitative estimate of drug-likeness (QED) is 0.567. The zero-order chi connectivity index (χ0) is 8.55. The number of benzene rings is 1. The molecule has 1 aromatic carbocycles. The molecule has 0 amide bonds. The van der Waals surface area contributed by atoms with Crippen LogP contribution in [-0.2, 0) is 17.6 Å². The van der Waals surface area contributed by atoms with Gasteiger partial charge in [-0.25, -0.2) is 0 Å². The molecule has 1 aliphatic rings. The average molecular weight is 160 g/mol. The van der Waals surface area contributed by atoms with Crippen LogP contribution in [-0.4, -0.2) is 5.78 Å². The Bertz CT molecular complexity index is 326. The van der Waals surface area contributed by atoms with Crippen LogP contribution < -0.4 is 0 Å². The number of ketones is 1. The summed E-state index contributed by atoms with van der Waals surface area (Å²) in [5, 5.41) is 0. The van der Waals surface area contributed by atoms with E-state index >= 15 is 0 Å². The molecule has 2 rings (SSSR count). The fourth-order valence-corrected chi connectivity index (χ4v) is 1.74. The molecule has 0 bridgehead atoms. The van der Waals surface area contributed by atoms with Gasteiger partial charge >= 0.3 is 0 Å². The van der Waals surface area contributed by atoms with E-state index in [2.05, 4.69) is 25.1 Å². The van der Waals surface area contributed by atoms with Crippen LogP contribution in [0.2, 0.25) is 0 Å². The van der Waals surface area contributed by atoms with E-state index in [1.807, 2.05) is 0 Å². The highest BCUT2D eigenvalue weighted by Gasteiger charge is 2.14. The maximum absolute atomic E-state index is 11.1. The molecule has 0 unspecified atom stereocenters. The van der Waals surface area contributed by atoms with Crippen molar-refractivity contribution in [2.24, 2.45) is 0 Å². The molecule has 0 aromatic heterocycles. The van der Waals surface area contributed by atoms with Gasteiger partial charge in [0.25, 0.3) is 0 Å². The standard InChI is InChI=1S/C11H12O/c1-8-2-3-9-4-5-11(12)7-10(9)6-8/h2-3,6H,4-5,7H2,1H3. The summed E-state index contributed by atoms with van der Waals surface area (Å²) in [4.78, 5) is 11.1. The molecule has 1 nitrogen and oxygen atoms in total. The van der Waals surface area contributed by atoms with Crippen LogP contribution in [0.3, 0.4) is 0 Å². The Morgan fingerprint density at radius 2 is 2.00 bits per heavy atom. The predicted molar refractivity (Wildman–Crippen MR) is 48.2 cm³/mol. The minimum atomic E-state index is 0.383. The second kappa shape index (κ2) is 2.74. The Hall–Kier alpha value is -1.11. The van der Waals surface area contributed by atoms with Gasteiger partial charge in [-0.3, -0.25) is 4.79 Å². The van der Waals surface area contributed by atoms with E-state index in [0.717, 1.165) is 12.8 Å². The monoisotopic (exact) mass is 160 g/mol. The predicted octanol–water partition coefficient (Wildman–Crippen LogP) is 2.05. The van der Waals surface area contributed by atoms with Gasteiger partial charge in [0.05, 0.1) is 0 Å². The maximum atomic E-state index is 11.1. The number of carbonyl (C=O) groups excluding carboxylic acids is 1. The third-order valence-corrected chi connectivity index (χ3v) is 2.42. The lowest BCUT2D eigenvalue weighted by atomic mass is 9.90. The van der Waals surface area contributed by atoms with E-state index in [0.29, 0.717) is 12.2 Å².